The summed E-state index contributed by atoms with van der Waals surface area (Å²) in [4.78, 5) is 84.1. The van der Waals surface area contributed by atoms with Crippen LogP contribution in [0.1, 0.15) is 167 Å². The second-order valence-electron chi connectivity index (χ2n) is 27.4. The number of rotatable bonds is 3. The molecular formula is C78H69F6N9O9S3. The van der Waals surface area contributed by atoms with Gasteiger partial charge in [-0.3, -0.25) is 57.8 Å². The van der Waals surface area contributed by atoms with Gasteiger partial charge in [0.1, 0.15) is 18.5 Å². The first-order valence-electron chi connectivity index (χ1n) is 37.2. The average molecular weight is 1490 g/mol. The van der Waals surface area contributed by atoms with Crippen LogP contribution < -0.4 is 31.3 Å². The zero-order valence-corrected chi connectivity index (χ0v) is 58.7. The minimum atomic E-state index is -2.44. The zero-order valence-electron chi connectivity index (χ0n) is 62.3. The van der Waals surface area contributed by atoms with Crippen LogP contribution in [-0.2, 0) is 17.2 Å². The van der Waals surface area contributed by atoms with Crippen LogP contribution >= 0.6 is 35.3 Å². The summed E-state index contributed by atoms with van der Waals surface area (Å²) >= 11 is 2.79. The van der Waals surface area contributed by atoms with Crippen molar-refractivity contribution in [2.75, 3.05) is 34.7 Å². The van der Waals surface area contributed by atoms with E-state index in [1.165, 1.54) is 72.5 Å². The molecule has 27 heteroatoms. The lowest BCUT2D eigenvalue weighted by Crippen LogP contribution is -2.64. The summed E-state index contributed by atoms with van der Waals surface area (Å²) < 4.78 is 149. The maximum absolute atomic E-state index is 15.5. The highest BCUT2D eigenvalue weighted by Gasteiger charge is 2.51. The van der Waals surface area contributed by atoms with Crippen molar-refractivity contribution in [1.82, 2.24) is 28.7 Å². The number of amides is 3. The van der Waals surface area contributed by atoms with Crippen LogP contribution in [0.3, 0.4) is 0 Å². The highest BCUT2D eigenvalue weighted by Crippen LogP contribution is 2.51. The fraction of sp³-hybridized carbons (Fsp3) is 0.308. The number of hydrogen-bond donors (Lipinski definition) is 3. The Morgan fingerprint density at radius 2 is 0.724 bits per heavy atom. The Morgan fingerprint density at radius 3 is 1.15 bits per heavy atom. The van der Waals surface area contributed by atoms with Crippen LogP contribution in [0.4, 0.5) is 26.3 Å². The highest BCUT2D eigenvalue weighted by atomic mass is 32.2. The molecule has 9 aliphatic heterocycles. The lowest BCUT2D eigenvalue weighted by molar-refractivity contribution is 0.0376. The van der Waals surface area contributed by atoms with Crippen LogP contribution in [0.2, 0.25) is 0 Å². The van der Waals surface area contributed by atoms with E-state index in [1.54, 1.807) is 80.5 Å². The molecule has 18 rings (SSSR count). The molecule has 3 N–H and O–H groups in total. The lowest BCUT2D eigenvalue weighted by Gasteiger charge is -2.52. The molecule has 0 unspecified atom stereocenters. The third kappa shape index (κ3) is 11.5. The molecule has 105 heavy (non-hydrogen) atoms. The molecule has 9 atom stereocenters. The molecule has 0 aliphatic carbocycles. The standard InChI is InChI=1S/3C26H23F2N3O3S/c3*1-14-6-9-21-29(12-14)26(34)24-25(33)19(32)10-11-30(24)31(21)23-15-7-8-18(27)22(28)17(15)13-35-20-5-3-2-4-16(20)23/h3*2-5,7-8,10-11,14,21,23,33H,6,9,12-13H2,1H3/t14-,21-,23+;2*14-,21-,23-/m111/s1/i13D2;13D2,23D;23D. The maximum Gasteiger partial charge on any atom is 0.278 e. The van der Waals surface area contributed by atoms with Crippen LogP contribution in [0.15, 0.2) is 175 Å². The van der Waals surface area contributed by atoms with Gasteiger partial charge in [-0.05, 0) is 126 Å². The molecule has 3 aromatic heterocycles. The minimum Gasteiger partial charge on any atom is -0.502 e. The van der Waals surface area contributed by atoms with Gasteiger partial charge in [0, 0.05) is 110 Å². The molecule has 12 heterocycles. The van der Waals surface area contributed by atoms with Crippen molar-refractivity contribution in [3.05, 3.63) is 279 Å². The van der Waals surface area contributed by atoms with E-state index >= 15 is 13.2 Å². The third-order valence-corrected chi connectivity index (χ3v) is 23.7. The Kier molecular flexibility index (Phi) is 16.1. The van der Waals surface area contributed by atoms with Gasteiger partial charge in [0.25, 0.3) is 17.7 Å². The SMILES string of the molecule is [2H]C1([2H])Sc2ccccc2[C@@H](N2[C@@H]3CC[C@@H](C)CN3C(=O)c3c(O)c(=O)ccn32)c2ccc(F)c(F)c21.[2H]C1([2H])Sc2ccccc2[C@]([2H])(N2[C@@H]3CC[C@@H](C)CN3C(=O)c3c(O)c(=O)ccn32)c2ccc(F)c(F)c21.[2H][C@]1(N2[C@@H]3CC[C@@H](C)CN3C(=O)c3c(O)c(=O)ccn32)c2ccccc2SCc2c1ccc(F)c2F. The first kappa shape index (κ1) is 62.4. The summed E-state index contributed by atoms with van der Waals surface area (Å²) in [6.07, 6.45) is 5.93. The van der Waals surface area contributed by atoms with Gasteiger partial charge in [-0.25, -0.2) is 26.3 Å². The summed E-state index contributed by atoms with van der Waals surface area (Å²) in [5, 5.41) is 37.1. The predicted molar refractivity (Wildman–Crippen MR) is 384 cm³/mol. The van der Waals surface area contributed by atoms with Crippen LogP contribution in [0.5, 0.6) is 17.2 Å². The molecule has 18 nitrogen and oxygen atoms in total. The van der Waals surface area contributed by atoms with Gasteiger partial charge in [-0.2, -0.15) is 0 Å². The fourth-order valence-electron chi connectivity index (χ4n) is 15.8. The van der Waals surface area contributed by atoms with Crippen molar-refractivity contribution in [2.24, 2.45) is 17.8 Å². The number of carbonyl (C=O) groups excluding carboxylic acids is 3. The number of halogens is 6. The molecule has 0 radical (unpaired) electrons. The number of nitrogens with zero attached hydrogens (tertiary/aromatic N) is 9. The van der Waals surface area contributed by atoms with Crippen LogP contribution in [0, 0.1) is 52.7 Å². The van der Waals surface area contributed by atoms with Gasteiger partial charge in [-0.15, -0.1) is 35.3 Å². The molecule has 3 fully saturated rings. The minimum absolute atomic E-state index is 0.0747. The molecule has 3 amide bonds. The molecule has 0 spiro atoms. The van der Waals surface area contributed by atoms with Crippen molar-refractivity contribution in [3.63, 3.8) is 0 Å². The Balaban J connectivity index is 0.000000126. The maximum atomic E-state index is 15.5. The fourth-order valence-corrected chi connectivity index (χ4v) is 18.6. The van der Waals surface area contributed by atoms with Crippen LogP contribution in [0.25, 0.3) is 0 Å². The van der Waals surface area contributed by atoms with Crippen molar-refractivity contribution in [2.45, 2.75) is 128 Å². The van der Waals surface area contributed by atoms with E-state index in [4.69, 9.17) is 5.48 Å². The number of carbonyl (C=O) groups is 3. The summed E-state index contributed by atoms with van der Waals surface area (Å²) in [5.41, 5.74) is -6.86. The summed E-state index contributed by atoms with van der Waals surface area (Å²) in [7, 11) is 0. The van der Waals surface area contributed by atoms with Crippen molar-refractivity contribution < 1.29 is 64.3 Å². The van der Waals surface area contributed by atoms with Gasteiger partial charge >= 0.3 is 0 Å². The Hall–Kier alpha value is -9.99. The molecule has 6 aromatic carbocycles. The largest absolute Gasteiger partial charge is 0.502 e. The van der Waals surface area contributed by atoms with Crippen molar-refractivity contribution >= 4 is 53.0 Å². The van der Waals surface area contributed by atoms with Crippen LogP contribution in [-0.4, -0.2) is 99.9 Å². The number of benzene rings is 6. The van der Waals surface area contributed by atoms with E-state index in [-0.39, 0.29) is 68.4 Å². The Morgan fingerprint density at radius 1 is 0.390 bits per heavy atom. The van der Waals surface area contributed by atoms with Crippen molar-refractivity contribution in [1.29, 1.82) is 0 Å². The molecular weight excluding hydrogens is 1420 g/mol. The second-order valence-corrected chi connectivity index (χ2v) is 30.1. The topological polar surface area (TPSA) is 197 Å². The smallest absolute Gasteiger partial charge is 0.278 e. The Bertz CT molecular complexity index is 5640. The second kappa shape index (κ2) is 27.2. The van der Waals surface area contributed by atoms with Gasteiger partial charge in [0.15, 0.2) is 69.2 Å². The van der Waals surface area contributed by atoms with Gasteiger partial charge < -0.3 is 30.0 Å². The highest BCUT2D eigenvalue weighted by molar-refractivity contribution is 7.99. The van der Waals surface area contributed by atoms with E-state index in [2.05, 4.69) is 0 Å². The van der Waals surface area contributed by atoms with E-state index in [0.29, 0.717) is 78.0 Å². The third-order valence-electron chi connectivity index (χ3n) is 20.8. The van der Waals surface area contributed by atoms with Gasteiger partial charge in [-0.1, -0.05) is 93.6 Å². The predicted octanol–water partition coefficient (Wildman–Crippen LogP) is 13.1. The normalized spacial score (nSPS) is 26.4. The monoisotopic (exact) mass is 1490 g/mol. The summed E-state index contributed by atoms with van der Waals surface area (Å²) in [5.74, 6) is -10.2. The molecule has 0 saturated carbocycles. The quantitative estimate of drug-likeness (QED) is 0.141. The van der Waals surface area contributed by atoms with Crippen molar-refractivity contribution in [3.8, 4) is 17.2 Å². The number of pyridine rings is 3. The average Bonchev–Trinajstić information content (AvgIpc) is 1.69. The van der Waals surface area contributed by atoms with E-state index in [9.17, 15) is 60.0 Å². The van der Waals surface area contributed by atoms with E-state index < -0.39 is 145 Å². The van der Waals surface area contributed by atoms with Gasteiger partial charge in [0.05, 0.1) is 20.8 Å². The van der Waals surface area contributed by atoms with Gasteiger partial charge in [0.2, 0.25) is 16.3 Å². The number of hydrogen-bond acceptors (Lipinski definition) is 15. The molecule has 0 bridgehead atoms. The number of aromatic hydroxyl groups is 3. The molecule has 3 saturated heterocycles. The summed E-state index contributed by atoms with van der Waals surface area (Å²) in [6.45, 7) is 7.05. The molecule has 540 valence electrons. The van der Waals surface area contributed by atoms with E-state index in [0.717, 1.165) is 65.9 Å². The molecule has 9 aliphatic rings. The number of thioether (sulfide) groups is 3. The number of aromatic nitrogens is 3. The van der Waals surface area contributed by atoms with E-state index in [1.807, 2.05) is 32.9 Å². The zero-order chi connectivity index (χ0) is 78.7. The first-order valence-corrected chi connectivity index (χ1v) is 36.8. The molecule has 9 aromatic rings. The number of piperidine rings is 3. The Labute approximate surface area is 619 Å². The first-order chi connectivity index (χ1) is 52.8. The number of fused-ring (bicyclic) bond motifs is 12. The summed E-state index contributed by atoms with van der Waals surface area (Å²) in [6, 6.07) is 26.3. The lowest BCUT2D eigenvalue weighted by atomic mass is 9.90.